The summed E-state index contributed by atoms with van der Waals surface area (Å²) in [5.41, 5.74) is 7.97. The highest BCUT2D eigenvalue weighted by Gasteiger charge is 2.16. The van der Waals surface area contributed by atoms with E-state index < -0.39 is 10.1 Å². The smallest absolute Gasteiger partial charge is 0.282 e. The molecule has 0 atom stereocenters. The Balaban J connectivity index is 2.25. The molecule has 0 heterocycles. The zero-order valence-electron chi connectivity index (χ0n) is 17.7. The van der Waals surface area contributed by atoms with Crippen molar-refractivity contribution in [1.82, 2.24) is 0 Å². The van der Waals surface area contributed by atoms with Gasteiger partial charge in [-0.15, -0.1) is 0 Å². The highest BCUT2D eigenvalue weighted by Crippen LogP contribution is 2.36. The summed E-state index contributed by atoms with van der Waals surface area (Å²) in [4.78, 5) is -0.0895. The molecule has 0 spiro atoms. The van der Waals surface area contributed by atoms with E-state index >= 15 is 0 Å². The summed E-state index contributed by atoms with van der Waals surface area (Å²) in [5.74, 6) is 0. The Morgan fingerprint density at radius 1 is 0.733 bits per heavy atom. The third-order valence-corrected chi connectivity index (χ3v) is 6.13. The molecule has 0 fully saturated rings. The fraction of sp³-hybridized carbons (Fsp3) is 0.231. The van der Waals surface area contributed by atoms with Gasteiger partial charge in [-0.1, -0.05) is 85.1 Å². The minimum absolute atomic E-state index is 0.0895. The number of hydrogen-bond donors (Lipinski definition) is 1. The molecule has 3 aromatic carbocycles. The van der Waals surface area contributed by atoms with Crippen LogP contribution in [-0.2, 0) is 10.1 Å². The molecule has 0 radical (unpaired) electrons. The van der Waals surface area contributed by atoms with Crippen LogP contribution < -0.4 is 0 Å². The molecule has 4 heteroatoms. The Kier molecular flexibility index (Phi) is 6.91. The van der Waals surface area contributed by atoms with E-state index in [0.717, 1.165) is 41.5 Å². The van der Waals surface area contributed by atoms with Gasteiger partial charge in [-0.2, -0.15) is 8.42 Å². The molecule has 0 bridgehead atoms. The number of benzene rings is 3. The second-order valence-electron chi connectivity index (χ2n) is 7.69. The average molecular weight is 421 g/mol. The molecule has 3 aromatic rings. The van der Waals surface area contributed by atoms with Crippen LogP contribution >= 0.6 is 0 Å². The van der Waals surface area contributed by atoms with E-state index in [4.69, 9.17) is 0 Å². The lowest BCUT2D eigenvalue weighted by Gasteiger charge is -2.18. The highest BCUT2D eigenvalue weighted by atomic mass is 32.2. The largest absolute Gasteiger partial charge is 0.294 e. The molecule has 0 aliphatic heterocycles. The van der Waals surface area contributed by atoms with Gasteiger partial charge >= 0.3 is 0 Å². The molecule has 0 aromatic heterocycles. The summed E-state index contributed by atoms with van der Waals surface area (Å²) in [6.07, 6.45) is 2.96. The summed E-state index contributed by atoms with van der Waals surface area (Å²) in [6, 6.07) is 23.5. The Morgan fingerprint density at radius 2 is 1.17 bits per heavy atom. The molecular formula is C26H28O3S. The van der Waals surface area contributed by atoms with Crippen molar-refractivity contribution in [3.05, 3.63) is 101 Å². The zero-order valence-corrected chi connectivity index (χ0v) is 18.5. The topological polar surface area (TPSA) is 54.4 Å². The van der Waals surface area contributed by atoms with Gasteiger partial charge in [0.25, 0.3) is 10.1 Å². The minimum atomic E-state index is -4.21. The third-order valence-electron chi connectivity index (χ3n) is 5.26. The van der Waals surface area contributed by atoms with Crippen LogP contribution in [0.2, 0.25) is 0 Å². The van der Waals surface area contributed by atoms with Gasteiger partial charge in [-0.05, 0) is 66.7 Å². The summed E-state index contributed by atoms with van der Waals surface area (Å²) in [7, 11) is -4.21. The van der Waals surface area contributed by atoms with E-state index in [1.165, 1.54) is 28.8 Å². The lowest BCUT2D eigenvalue weighted by molar-refractivity contribution is 0.483. The monoisotopic (exact) mass is 420 g/mol. The first-order chi connectivity index (χ1) is 14.3. The molecule has 3 nitrogen and oxygen atoms in total. The van der Waals surface area contributed by atoms with Crippen LogP contribution in [0, 0.1) is 13.8 Å². The molecule has 0 saturated heterocycles. The number of hydrogen-bond acceptors (Lipinski definition) is 2. The lowest BCUT2D eigenvalue weighted by Crippen LogP contribution is -2.00. The minimum Gasteiger partial charge on any atom is -0.282 e. The second-order valence-corrected chi connectivity index (χ2v) is 9.11. The fourth-order valence-corrected chi connectivity index (χ4v) is 4.03. The molecule has 30 heavy (non-hydrogen) atoms. The van der Waals surface area contributed by atoms with Gasteiger partial charge in [0, 0.05) is 0 Å². The standard InChI is InChI=1S/C26H28O3S/c1-4-5-6-25(21-15-17-24(18-16-21)30(27,28)29)26(22-11-7-19(2)8-12-22)23-13-9-20(3)10-14-23/h7-18H,4-6H2,1-3H3,(H,27,28,29). The first-order valence-corrected chi connectivity index (χ1v) is 11.7. The first-order valence-electron chi connectivity index (χ1n) is 10.2. The van der Waals surface area contributed by atoms with Crippen LogP contribution in [0.5, 0.6) is 0 Å². The summed E-state index contributed by atoms with van der Waals surface area (Å²) >= 11 is 0. The van der Waals surface area contributed by atoms with Gasteiger partial charge in [0.15, 0.2) is 0 Å². The molecule has 0 unspecified atom stereocenters. The number of allylic oxidation sites excluding steroid dienone is 1. The quantitative estimate of drug-likeness (QED) is 0.342. The van der Waals surface area contributed by atoms with Crippen LogP contribution in [0.15, 0.2) is 77.7 Å². The Hall–Kier alpha value is -2.69. The highest BCUT2D eigenvalue weighted by molar-refractivity contribution is 7.85. The Labute approximate surface area is 179 Å². The van der Waals surface area contributed by atoms with Crippen molar-refractivity contribution in [2.24, 2.45) is 0 Å². The van der Waals surface area contributed by atoms with Crippen molar-refractivity contribution < 1.29 is 13.0 Å². The molecule has 0 aliphatic carbocycles. The summed E-state index contributed by atoms with van der Waals surface area (Å²) < 4.78 is 32.3. The van der Waals surface area contributed by atoms with Crippen molar-refractivity contribution >= 4 is 21.3 Å². The molecule has 3 rings (SSSR count). The van der Waals surface area contributed by atoms with Crippen LogP contribution in [0.25, 0.3) is 11.1 Å². The van der Waals surface area contributed by atoms with Gasteiger partial charge in [-0.3, -0.25) is 4.55 Å². The molecular weight excluding hydrogens is 392 g/mol. The fourth-order valence-electron chi connectivity index (χ4n) is 3.55. The van der Waals surface area contributed by atoms with Crippen molar-refractivity contribution in [1.29, 1.82) is 0 Å². The molecule has 0 saturated carbocycles. The van der Waals surface area contributed by atoms with Crippen molar-refractivity contribution in [2.45, 2.75) is 44.9 Å². The lowest BCUT2D eigenvalue weighted by atomic mass is 9.86. The van der Waals surface area contributed by atoms with E-state index in [2.05, 4.69) is 69.3 Å². The van der Waals surface area contributed by atoms with E-state index in [9.17, 15) is 13.0 Å². The Morgan fingerprint density at radius 3 is 1.57 bits per heavy atom. The SMILES string of the molecule is CCCCC(=C(c1ccc(C)cc1)c1ccc(C)cc1)c1ccc(S(=O)(=O)O)cc1. The maximum Gasteiger partial charge on any atom is 0.294 e. The number of unbranched alkanes of at least 4 members (excludes halogenated alkanes) is 1. The Bertz CT molecular complexity index is 1070. The van der Waals surface area contributed by atoms with Gasteiger partial charge in [0.2, 0.25) is 0 Å². The van der Waals surface area contributed by atoms with E-state index in [0.29, 0.717) is 0 Å². The molecule has 156 valence electrons. The van der Waals surface area contributed by atoms with Crippen LogP contribution in [0.4, 0.5) is 0 Å². The molecule has 0 aliphatic rings. The first kappa shape index (κ1) is 22.0. The van der Waals surface area contributed by atoms with E-state index in [-0.39, 0.29) is 4.90 Å². The van der Waals surface area contributed by atoms with Crippen molar-refractivity contribution in [3.8, 4) is 0 Å². The van der Waals surface area contributed by atoms with Crippen LogP contribution in [0.1, 0.15) is 54.0 Å². The van der Waals surface area contributed by atoms with Crippen LogP contribution in [-0.4, -0.2) is 13.0 Å². The van der Waals surface area contributed by atoms with E-state index in [1.54, 1.807) is 12.1 Å². The summed E-state index contributed by atoms with van der Waals surface area (Å²) in [6.45, 7) is 6.31. The summed E-state index contributed by atoms with van der Waals surface area (Å²) in [5, 5.41) is 0. The normalized spacial score (nSPS) is 11.3. The van der Waals surface area contributed by atoms with Gasteiger partial charge in [0.1, 0.15) is 0 Å². The number of rotatable bonds is 7. The average Bonchev–Trinajstić information content (AvgIpc) is 2.72. The number of aryl methyl sites for hydroxylation is 2. The maximum absolute atomic E-state index is 11.5. The zero-order chi connectivity index (χ0) is 21.7. The van der Waals surface area contributed by atoms with Gasteiger partial charge < -0.3 is 0 Å². The predicted octanol–water partition coefficient (Wildman–Crippen LogP) is 6.70. The van der Waals surface area contributed by atoms with Crippen LogP contribution in [0.3, 0.4) is 0 Å². The maximum atomic E-state index is 11.5. The van der Waals surface area contributed by atoms with Crippen molar-refractivity contribution in [3.63, 3.8) is 0 Å². The second kappa shape index (κ2) is 9.41. The van der Waals surface area contributed by atoms with Crippen molar-refractivity contribution in [2.75, 3.05) is 0 Å². The molecule has 1 N–H and O–H groups in total. The predicted molar refractivity (Wildman–Crippen MR) is 124 cm³/mol. The van der Waals surface area contributed by atoms with Gasteiger partial charge in [-0.25, -0.2) is 0 Å². The van der Waals surface area contributed by atoms with Gasteiger partial charge in [0.05, 0.1) is 4.90 Å². The molecule has 0 amide bonds. The third kappa shape index (κ3) is 5.26. The van der Waals surface area contributed by atoms with E-state index in [1.807, 2.05) is 0 Å².